The zero-order chi connectivity index (χ0) is 34.2. The first-order chi connectivity index (χ1) is 25.8. The van der Waals surface area contributed by atoms with Crippen molar-refractivity contribution in [2.45, 2.75) is 0 Å². The zero-order valence-electron chi connectivity index (χ0n) is 27.8. The van der Waals surface area contributed by atoms with E-state index in [1.54, 1.807) is 0 Å². The molecule has 0 spiro atoms. The summed E-state index contributed by atoms with van der Waals surface area (Å²) in [5.74, 6) is 0.564. The summed E-state index contributed by atoms with van der Waals surface area (Å²) in [4.78, 5) is 7.19. The van der Waals surface area contributed by atoms with Crippen LogP contribution in [0.5, 0.6) is 0 Å². The van der Waals surface area contributed by atoms with Crippen molar-refractivity contribution < 1.29 is 13.3 Å². The number of hydrogen-bond donors (Lipinski definition) is 0. The van der Waals surface area contributed by atoms with Crippen LogP contribution in [0.25, 0.3) is 88.3 Å². The number of aromatic nitrogens is 1. The smallest absolute Gasteiger partial charge is 0.228 e. The largest absolute Gasteiger partial charge is 0.456 e. The Kier molecular flexibility index (Phi) is 6.18. The van der Waals surface area contributed by atoms with Gasteiger partial charge in [-0.1, -0.05) is 97.1 Å². The molecule has 0 unspecified atom stereocenters. The third-order valence-electron chi connectivity index (χ3n) is 10.1. The van der Waals surface area contributed by atoms with Crippen molar-refractivity contribution in [2.24, 2.45) is 0 Å². The molecule has 0 aliphatic carbocycles. The molecule has 52 heavy (non-hydrogen) atoms. The van der Waals surface area contributed by atoms with Gasteiger partial charge < -0.3 is 18.2 Å². The fourth-order valence-electron chi connectivity index (χ4n) is 7.78. The van der Waals surface area contributed by atoms with Crippen LogP contribution in [-0.2, 0) is 0 Å². The number of oxazole rings is 1. The summed E-state index contributed by atoms with van der Waals surface area (Å²) in [6.45, 7) is 0. The number of hydrogen-bond acceptors (Lipinski definition) is 5. The second-order valence-corrected chi connectivity index (χ2v) is 13.1. The number of benzene rings is 8. The van der Waals surface area contributed by atoms with Gasteiger partial charge in [0.25, 0.3) is 0 Å². The minimum atomic E-state index is 0.564. The van der Waals surface area contributed by atoms with Crippen LogP contribution in [0.4, 0.5) is 17.1 Å². The first-order valence-electron chi connectivity index (χ1n) is 17.4. The number of furan rings is 2. The molecule has 0 N–H and O–H groups in total. The lowest BCUT2D eigenvalue weighted by molar-refractivity contribution is 0.620. The molecule has 0 fully saturated rings. The van der Waals surface area contributed by atoms with Gasteiger partial charge in [-0.3, -0.25) is 0 Å². The Balaban J connectivity index is 1.17. The van der Waals surface area contributed by atoms with E-state index >= 15 is 0 Å². The molecular weight excluding hydrogens is 641 g/mol. The molecule has 0 aliphatic rings. The maximum absolute atomic E-state index is 6.47. The van der Waals surface area contributed by atoms with E-state index in [1.807, 2.05) is 54.6 Å². The zero-order valence-corrected chi connectivity index (χ0v) is 27.8. The Morgan fingerprint density at radius 3 is 1.96 bits per heavy atom. The minimum Gasteiger partial charge on any atom is -0.456 e. The van der Waals surface area contributed by atoms with Crippen molar-refractivity contribution in [1.82, 2.24) is 4.98 Å². The average Bonchev–Trinajstić information content (AvgIpc) is 3.91. The Morgan fingerprint density at radius 1 is 0.404 bits per heavy atom. The van der Waals surface area contributed by atoms with Gasteiger partial charge in [-0.25, -0.2) is 4.98 Å². The van der Waals surface area contributed by atoms with Gasteiger partial charge in [0, 0.05) is 33.1 Å². The highest BCUT2D eigenvalue weighted by molar-refractivity contribution is 6.15. The topological polar surface area (TPSA) is 55.6 Å². The number of rotatable bonds is 5. The summed E-state index contributed by atoms with van der Waals surface area (Å²) in [5.41, 5.74) is 11.1. The van der Waals surface area contributed by atoms with Gasteiger partial charge in [0.2, 0.25) is 5.89 Å². The molecule has 0 radical (unpaired) electrons. The Morgan fingerprint density at radius 2 is 1.06 bits per heavy atom. The highest BCUT2D eigenvalue weighted by atomic mass is 16.4. The molecule has 3 heterocycles. The summed E-state index contributed by atoms with van der Waals surface area (Å²) in [7, 11) is 0. The quantitative estimate of drug-likeness (QED) is 0.183. The molecule has 0 saturated heterocycles. The summed E-state index contributed by atoms with van der Waals surface area (Å²) in [6, 6.07) is 58.7. The van der Waals surface area contributed by atoms with Crippen molar-refractivity contribution >= 4 is 82.8 Å². The van der Waals surface area contributed by atoms with E-state index in [1.165, 1.54) is 16.3 Å². The molecule has 3 aromatic heterocycles. The normalized spacial score (nSPS) is 11.8. The molecule has 11 aromatic rings. The Hall–Kier alpha value is -7.11. The van der Waals surface area contributed by atoms with Crippen LogP contribution < -0.4 is 4.90 Å². The van der Waals surface area contributed by atoms with E-state index < -0.39 is 0 Å². The number of anilines is 3. The predicted molar refractivity (Wildman–Crippen MR) is 212 cm³/mol. The minimum absolute atomic E-state index is 0.564. The fourth-order valence-corrected chi connectivity index (χ4v) is 7.78. The summed E-state index contributed by atoms with van der Waals surface area (Å²) in [6.07, 6.45) is 0. The van der Waals surface area contributed by atoms with Gasteiger partial charge in [-0.15, -0.1) is 0 Å². The summed E-state index contributed by atoms with van der Waals surface area (Å²) < 4.78 is 19.2. The molecule has 0 saturated carbocycles. The van der Waals surface area contributed by atoms with E-state index in [0.717, 1.165) is 83.2 Å². The third kappa shape index (κ3) is 4.39. The monoisotopic (exact) mass is 668 g/mol. The highest BCUT2D eigenvalue weighted by Gasteiger charge is 2.22. The van der Waals surface area contributed by atoms with Crippen LogP contribution in [0.1, 0.15) is 0 Å². The van der Waals surface area contributed by atoms with Gasteiger partial charge in [0.1, 0.15) is 27.8 Å². The molecule has 5 nitrogen and oxygen atoms in total. The Bertz CT molecular complexity index is 3130. The fraction of sp³-hybridized carbons (Fsp3) is 0. The van der Waals surface area contributed by atoms with E-state index in [9.17, 15) is 0 Å². The molecule has 0 aliphatic heterocycles. The highest BCUT2D eigenvalue weighted by Crippen LogP contribution is 2.46. The van der Waals surface area contributed by atoms with E-state index in [4.69, 9.17) is 18.2 Å². The van der Waals surface area contributed by atoms with Crippen LogP contribution >= 0.6 is 0 Å². The summed E-state index contributed by atoms with van der Waals surface area (Å²) >= 11 is 0. The molecule has 0 amide bonds. The van der Waals surface area contributed by atoms with Gasteiger partial charge >= 0.3 is 0 Å². The van der Waals surface area contributed by atoms with Crippen LogP contribution in [0.15, 0.2) is 183 Å². The SMILES string of the molecule is c1cc(-c2cccc3ccccc23)cc(N(c2ccc3oc4cccc(-c5nc6ccccc6o5)c4c3c2)c2cccc3oc4ccccc4c23)c1. The number of fused-ring (bicyclic) bond motifs is 8. The molecule has 244 valence electrons. The van der Waals surface area contributed by atoms with E-state index in [-0.39, 0.29) is 0 Å². The molecular formula is C47H28N2O3. The van der Waals surface area contributed by atoms with Gasteiger partial charge in [-0.2, -0.15) is 0 Å². The van der Waals surface area contributed by atoms with Gasteiger partial charge in [-0.05, 0) is 94.7 Å². The molecule has 0 atom stereocenters. The molecule has 0 bridgehead atoms. The third-order valence-corrected chi connectivity index (χ3v) is 10.1. The van der Waals surface area contributed by atoms with Crippen molar-refractivity contribution in [2.75, 3.05) is 4.90 Å². The predicted octanol–water partition coefficient (Wildman–Crippen LogP) is 13.6. The van der Waals surface area contributed by atoms with Crippen molar-refractivity contribution in [1.29, 1.82) is 0 Å². The maximum Gasteiger partial charge on any atom is 0.228 e. The van der Waals surface area contributed by atoms with E-state index in [2.05, 4.69) is 120 Å². The van der Waals surface area contributed by atoms with Crippen molar-refractivity contribution in [3.63, 3.8) is 0 Å². The summed E-state index contributed by atoms with van der Waals surface area (Å²) in [5, 5.41) is 6.49. The lowest BCUT2D eigenvalue weighted by Gasteiger charge is -2.27. The van der Waals surface area contributed by atoms with Crippen LogP contribution in [0.3, 0.4) is 0 Å². The first-order valence-corrected chi connectivity index (χ1v) is 17.4. The Labute approximate surface area is 297 Å². The van der Waals surface area contributed by atoms with Crippen molar-refractivity contribution in [3.8, 4) is 22.6 Å². The van der Waals surface area contributed by atoms with Crippen molar-refractivity contribution in [3.05, 3.63) is 170 Å². The maximum atomic E-state index is 6.47. The van der Waals surface area contributed by atoms with Gasteiger partial charge in [0.15, 0.2) is 5.58 Å². The van der Waals surface area contributed by atoms with Crippen LogP contribution in [0.2, 0.25) is 0 Å². The number of nitrogens with zero attached hydrogens (tertiary/aromatic N) is 2. The standard InChI is InChI=1S/C47H28N2O3/c1-2-15-33-29(11-1)12-8-17-34(33)30-13-7-14-31(27-30)49(39-20-10-24-44-46(39)35-16-3-5-21-40(35)50-44)32-25-26-41-37(28-32)45-36(18-9-23-43(45)51-41)47-48-38-19-4-6-22-42(38)52-47/h1-28H. The first kappa shape index (κ1) is 28.7. The lowest BCUT2D eigenvalue weighted by Crippen LogP contribution is -2.10. The average molecular weight is 669 g/mol. The molecule has 8 aromatic carbocycles. The second-order valence-electron chi connectivity index (χ2n) is 13.1. The lowest BCUT2D eigenvalue weighted by atomic mass is 9.97. The second kappa shape index (κ2) is 11.2. The number of para-hydroxylation sites is 3. The van der Waals surface area contributed by atoms with Crippen LogP contribution in [0, 0.1) is 0 Å². The van der Waals surface area contributed by atoms with Crippen LogP contribution in [-0.4, -0.2) is 4.98 Å². The molecule has 5 heteroatoms. The molecule has 11 rings (SSSR count). The van der Waals surface area contributed by atoms with Gasteiger partial charge in [0.05, 0.1) is 11.1 Å². The van der Waals surface area contributed by atoms with E-state index in [0.29, 0.717) is 5.89 Å².